The average Bonchev–Trinajstić information content (AvgIpc) is 3.84. The first-order valence-electron chi connectivity index (χ1n) is 20.2. The number of hydrogen-bond donors (Lipinski definition) is 1. The van der Waals surface area contributed by atoms with Gasteiger partial charge < -0.3 is 14.9 Å². The molecule has 2 N–H and O–H groups in total. The second-order valence-corrected chi connectivity index (χ2v) is 14.7. The molecule has 60 heavy (non-hydrogen) atoms. The maximum Gasteiger partial charge on any atom is 0.0703 e. The molecule has 0 radical (unpaired) electrons. The van der Waals surface area contributed by atoms with Gasteiger partial charge in [0.25, 0.3) is 0 Å². The van der Waals surface area contributed by atoms with Gasteiger partial charge in [0.1, 0.15) is 0 Å². The van der Waals surface area contributed by atoms with E-state index in [1.165, 1.54) is 50.4 Å². The van der Waals surface area contributed by atoms with E-state index in [-0.39, 0.29) is 0 Å². The van der Waals surface area contributed by atoms with E-state index < -0.39 is 0 Å². The number of nitrogens with two attached hydrogens (primary N) is 1. The van der Waals surface area contributed by atoms with Gasteiger partial charge in [0.15, 0.2) is 0 Å². The highest BCUT2D eigenvalue weighted by atomic mass is 15.0. The summed E-state index contributed by atoms with van der Waals surface area (Å²) in [5, 5.41) is 2.39. The molecule has 4 heterocycles. The van der Waals surface area contributed by atoms with Crippen LogP contribution in [0.1, 0.15) is 6.92 Å². The van der Waals surface area contributed by atoms with Crippen molar-refractivity contribution in [3.8, 4) is 78.7 Å². The van der Waals surface area contributed by atoms with E-state index in [1.54, 1.807) is 6.08 Å². The van der Waals surface area contributed by atoms with Gasteiger partial charge >= 0.3 is 0 Å². The summed E-state index contributed by atoms with van der Waals surface area (Å²) in [4.78, 5) is 10.0. The average molecular weight is 772 g/mol. The van der Waals surface area contributed by atoms with Crippen LogP contribution in [-0.2, 0) is 0 Å². The van der Waals surface area contributed by atoms with Crippen molar-refractivity contribution in [2.45, 2.75) is 6.92 Å². The Labute approximate surface area is 349 Å². The Hall–Kier alpha value is -8.02. The first kappa shape index (κ1) is 36.3. The number of fused-ring (bicyclic) bond motifs is 12. The fraction of sp³-hybridized carbons (Fsp3) is 0.0182. The van der Waals surface area contributed by atoms with E-state index in [4.69, 9.17) is 15.7 Å². The molecule has 10 aromatic rings. The Morgan fingerprint density at radius 3 is 1.20 bits per heavy atom. The van der Waals surface area contributed by atoms with E-state index in [0.717, 1.165) is 56.3 Å². The molecule has 4 aromatic heterocycles. The number of allylic oxidation sites excluding steroid dienone is 3. The molecule has 0 amide bonds. The maximum atomic E-state index is 5.01. The minimum atomic E-state index is 0.952. The third kappa shape index (κ3) is 6.21. The highest BCUT2D eigenvalue weighted by molar-refractivity contribution is 6.17. The second kappa shape index (κ2) is 15.7. The van der Waals surface area contributed by atoms with Crippen molar-refractivity contribution >= 4 is 21.8 Å². The minimum Gasteiger partial charge on any atom is -0.405 e. The summed E-state index contributed by atoms with van der Waals surface area (Å²) in [7, 11) is 0. The number of benzene rings is 6. The highest BCUT2D eigenvalue weighted by Gasteiger charge is 2.32. The van der Waals surface area contributed by atoms with E-state index in [9.17, 15) is 0 Å². The normalized spacial score (nSPS) is 11.7. The summed E-state index contributed by atoms with van der Waals surface area (Å²) in [6, 6.07) is 64.8. The van der Waals surface area contributed by atoms with Crippen LogP contribution < -0.4 is 5.73 Å². The fourth-order valence-electron chi connectivity index (χ4n) is 8.66. The number of nitrogens with zero attached hydrogens (tertiary/aromatic N) is 4. The summed E-state index contributed by atoms with van der Waals surface area (Å²) in [6.45, 7) is 1.94. The molecule has 11 rings (SSSR count). The maximum absolute atomic E-state index is 5.01. The van der Waals surface area contributed by atoms with Crippen molar-refractivity contribution in [3.63, 3.8) is 0 Å². The van der Waals surface area contributed by atoms with Crippen molar-refractivity contribution in [1.29, 1.82) is 0 Å². The van der Waals surface area contributed by atoms with Crippen LogP contribution in [-0.4, -0.2) is 19.1 Å². The first-order valence-corrected chi connectivity index (χ1v) is 20.2. The number of rotatable bonds is 5. The lowest BCUT2D eigenvalue weighted by Crippen LogP contribution is -2.04. The Morgan fingerprint density at radius 2 is 0.817 bits per heavy atom. The predicted octanol–water partition coefficient (Wildman–Crippen LogP) is 13.7. The lowest BCUT2D eigenvalue weighted by atomic mass is 9.84. The Balaban J connectivity index is 0.000000675. The van der Waals surface area contributed by atoms with Crippen molar-refractivity contribution in [1.82, 2.24) is 19.1 Å². The summed E-state index contributed by atoms with van der Waals surface area (Å²) in [5.41, 5.74) is 22.9. The third-order valence-corrected chi connectivity index (χ3v) is 11.2. The van der Waals surface area contributed by atoms with E-state index >= 15 is 0 Å². The molecule has 1 aliphatic carbocycles. The molecular formula is C55H41N5. The van der Waals surface area contributed by atoms with Crippen LogP contribution >= 0.6 is 0 Å². The van der Waals surface area contributed by atoms with Gasteiger partial charge in [0, 0.05) is 44.2 Å². The monoisotopic (exact) mass is 771 g/mol. The molecule has 6 aromatic carbocycles. The summed E-state index contributed by atoms with van der Waals surface area (Å²) >= 11 is 0. The molecule has 0 aliphatic heterocycles. The number of para-hydroxylation sites is 2. The van der Waals surface area contributed by atoms with Crippen LogP contribution in [0.25, 0.3) is 100 Å². The van der Waals surface area contributed by atoms with Crippen molar-refractivity contribution in [3.05, 3.63) is 219 Å². The quantitative estimate of drug-likeness (QED) is 0.177. The number of pyridine rings is 2. The van der Waals surface area contributed by atoms with Crippen LogP contribution in [0.2, 0.25) is 0 Å². The molecule has 286 valence electrons. The van der Waals surface area contributed by atoms with Crippen molar-refractivity contribution in [2.24, 2.45) is 5.73 Å². The van der Waals surface area contributed by atoms with Crippen molar-refractivity contribution in [2.75, 3.05) is 0 Å². The van der Waals surface area contributed by atoms with Gasteiger partial charge in [-0.3, -0.25) is 9.97 Å². The van der Waals surface area contributed by atoms with Crippen LogP contribution in [0.15, 0.2) is 219 Å². The van der Waals surface area contributed by atoms with Gasteiger partial charge in [0.2, 0.25) is 0 Å². The lowest BCUT2D eigenvalue weighted by Gasteiger charge is -2.23. The smallest absolute Gasteiger partial charge is 0.0703 e. The minimum absolute atomic E-state index is 0.952. The molecule has 0 fully saturated rings. The SMILES string of the molecule is C/C=C\C=C/N.c1ccc(-c2ccc(-n3c4c(c5ccccc53)-c3ccccc3-c3c(c5ccccc5n3-c3ccc(-c5ccccc5)nc3)-c3ccccc3-4)cn2)cc1. The van der Waals surface area contributed by atoms with Gasteiger partial charge in [-0.05, 0) is 66.7 Å². The zero-order chi connectivity index (χ0) is 40.4. The summed E-state index contributed by atoms with van der Waals surface area (Å²) in [6.07, 6.45) is 11.1. The van der Waals surface area contributed by atoms with E-state index in [1.807, 2.05) is 43.6 Å². The van der Waals surface area contributed by atoms with Gasteiger partial charge in [-0.1, -0.05) is 158 Å². The highest BCUT2D eigenvalue weighted by Crippen LogP contribution is 2.54. The number of aromatic nitrogens is 4. The van der Waals surface area contributed by atoms with Gasteiger partial charge in [-0.25, -0.2) is 0 Å². The molecule has 0 atom stereocenters. The Bertz CT molecular complexity index is 2970. The Morgan fingerprint density at radius 1 is 0.417 bits per heavy atom. The molecule has 5 heteroatoms. The summed E-state index contributed by atoms with van der Waals surface area (Å²) in [5.74, 6) is 0. The third-order valence-electron chi connectivity index (χ3n) is 11.2. The fourth-order valence-corrected chi connectivity index (χ4v) is 8.66. The van der Waals surface area contributed by atoms with Crippen molar-refractivity contribution < 1.29 is 0 Å². The zero-order valence-electron chi connectivity index (χ0n) is 33.2. The zero-order valence-corrected chi connectivity index (χ0v) is 33.2. The van der Waals surface area contributed by atoms with Crippen LogP contribution in [0.3, 0.4) is 0 Å². The van der Waals surface area contributed by atoms with E-state index in [0.29, 0.717) is 0 Å². The standard InChI is InChI=1S/C50H32N4.C5H9N/c1-3-15-33(16-4-1)43-29-27-35(31-51-43)53-45-25-13-11-23-41(45)47-38-20-8-10-22-40(38)50-48(37-19-7-9-21-39(37)49(47)53)42-24-12-14-26-46(42)54(50)36-28-30-44(52-32-36)34-17-5-2-6-18-34;1-2-3-4-5-6/h1-32H;2-5H,6H2,1H3/b;3-2-,5-4-. The molecule has 5 nitrogen and oxygen atoms in total. The van der Waals surface area contributed by atoms with Crippen LogP contribution in [0.5, 0.6) is 0 Å². The molecule has 0 saturated carbocycles. The topological polar surface area (TPSA) is 61.7 Å². The van der Waals surface area contributed by atoms with Gasteiger partial charge in [-0.15, -0.1) is 0 Å². The lowest BCUT2D eigenvalue weighted by molar-refractivity contribution is 1.10. The van der Waals surface area contributed by atoms with Crippen LogP contribution in [0.4, 0.5) is 0 Å². The molecule has 1 aliphatic rings. The molecule has 0 spiro atoms. The molecule has 0 saturated heterocycles. The molecular weight excluding hydrogens is 731 g/mol. The molecule has 0 unspecified atom stereocenters. The largest absolute Gasteiger partial charge is 0.405 e. The summed E-state index contributed by atoms with van der Waals surface area (Å²) < 4.78 is 4.83. The predicted molar refractivity (Wildman–Crippen MR) is 250 cm³/mol. The van der Waals surface area contributed by atoms with Gasteiger partial charge in [-0.2, -0.15) is 0 Å². The van der Waals surface area contributed by atoms with Crippen LogP contribution in [0, 0.1) is 0 Å². The van der Waals surface area contributed by atoms with E-state index in [2.05, 4.69) is 179 Å². The first-order chi connectivity index (χ1) is 29.7. The Kier molecular flexibility index (Phi) is 9.52. The number of hydrogen-bond acceptors (Lipinski definition) is 3. The molecule has 0 bridgehead atoms. The van der Waals surface area contributed by atoms with Gasteiger partial charge in [0.05, 0.1) is 57.6 Å². The second-order valence-electron chi connectivity index (χ2n) is 14.7.